The monoisotopic (exact) mass is 530 g/mol. The van der Waals surface area contributed by atoms with Crippen LogP contribution in [-0.4, -0.2) is 58.0 Å². The summed E-state index contributed by atoms with van der Waals surface area (Å²) in [4.78, 5) is 14.5. The van der Waals surface area contributed by atoms with Crippen LogP contribution in [0.25, 0.3) is 0 Å². The lowest BCUT2D eigenvalue weighted by atomic mass is 10.1. The lowest BCUT2D eigenvalue weighted by Crippen LogP contribution is -2.42. The number of halogens is 2. The molecule has 0 atom stereocenters. The van der Waals surface area contributed by atoms with Crippen molar-refractivity contribution in [1.29, 1.82) is 10.8 Å². The number of benzene rings is 2. The zero-order valence-electron chi connectivity index (χ0n) is 17.1. The highest BCUT2D eigenvalue weighted by Crippen LogP contribution is 2.36. The molecular formula is C22H20BrFN6S2. The predicted octanol–water partition coefficient (Wildman–Crippen LogP) is 5.26. The van der Waals surface area contributed by atoms with Gasteiger partial charge in [0.15, 0.2) is 10.3 Å². The first-order valence-electron chi connectivity index (χ1n) is 10.3. The number of hydrogen-bond acceptors (Lipinski definition) is 6. The Bertz CT molecular complexity index is 1180. The van der Waals surface area contributed by atoms with Crippen molar-refractivity contribution in [2.24, 2.45) is 9.98 Å². The number of amidine groups is 4. The molecule has 0 fully saturated rings. The Morgan fingerprint density at radius 2 is 1.53 bits per heavy atom. The highest BCUT2D eigenvalue weighted by Gasteiger charge is 2.31. The summed E-state index contributed by atoms with van der Waals surface area (Å²) in [5.41, 5.74) is 1.98. The van der Waals surface area contributed by atoms with E-state index in [4.69, 9.17) is 10.8 Å². The molecule has 0 bridgehead atoms. The van der Waals surface area contributed by atoms with Crippen molar-refractivity contribution in [2.75, 3.05) is 26.2 Å². The molecule has 0 aliphatic carbocycles. The van der Waals surface area contributed by atoms with Crippen LogP contribution in [0.4, 0.5) is 4.39 Å². The Kier molecular flexibility index (Phi) is 6.09. The van der Waals surface area contributed by atoms with Gasteiger partial charge in [-0.2, -0.15) is 0 Å². The minimum atomic E-state index is -0.264. The van der Waals surface area contributed by atoms with Gasteiger partial charge in [0, 0.05) is 46.7 Å². The van der Waals surface area contributed by atoms with Crippen molar-refractivity contribution in [2.45, 2.75) is 22.6 Å². The van der Waals surface area contributed by atoms with Crippen molar-refractivity contribution >= 4 is 61.5 Å². The highest BCUT2D eigenvalue weighted by atomic mass is 79.9. The SMILES string of the molecule is N=C1Sc2c(F)cccc2C2=NCCCN12.N=C1Sc2cc(Br)ccc2C2=NCCCN12. The van der Waals surface area contributed by atoms with E-state index in [1.165, 1.54) is 29.6 Å². The van der Waals surface area contributed by atoms with Crippen LogP contribution in [-0.2, 0) is 0 Å². The second-order valence-corrected chi connectivity index (χ2v) is 10.4. The fourth-order valence-corrected chi connectivity index (χ4v) is 6.31. The molecule has 4 aliphatic heterocycles. The summed E-state index contributed by atoms with van der Waals surface area (Å²) in [6.07, 6.45) is 2.00. The normalized spacial score (nSPS) is 18.9. The summed E-state index contributed by atoms with van der Waals surface area (Å²) in [6.45, 7) is 3.36. The van der Waals surface area contributed by atoms with Crippen LogP contribution >= 0.6 is 39.5 Å². The molecule has 2 aromatic carbocycles. The number of nitrogens with one attached hydrogen (secondary N) is 2. The maximum absolute atomic E-state index is 13.6. The van der Waals surface area contributed by atoms with Gasteiger partial charge in [-0.25, -0.2) is 4.39 Å². The summed E-state index contributed by atoms with van der Waals surface area (Å²) in [5.74, 6) is 1.46. The first kappa shape index (κ1) is 21.7. The average Bonchev–Trinajstić information content (AvgIpc) is 2.81. The summed E-state index contributed by atoms with van der Waals surface area (Å²) in [5, 5.41) is 16.8. The van der Waals surface area contributed by atoms with Gasteiger partial charge in [0.1, 0.15) is 17.5 Å². The molecule has 6 nitrogen and oxygen atoms in total. The zero-order chi connectivity index (χ0) is 22.2. The maximum atomic E-state index is 13.6. The third-order valence-electron chi connectivity index (χ3n) is 5.40. The van der Waals surface area contributed by atoms with Crippen LogP contribution in [0.15, 0.2) is 60.6 Å². The van der Waals surface area contributed by atoms with E-state index in [1.54, 1.807) is 6.07 Å². The number of aliphatic imine (C=N–C) groups is 2. The molecular weight excluding hydrogens is 511 g/mol. The van der Waals surface area contributed by atoms with E-state index in [0.29, 0.717) is 15.2 Å². The highest BCUT2D eigenvalue weighted by molar-refractivity contribution is 9.10. The van der Waals surface area contributed by atoms with E-state index in [2.05, 4.69) is 38.0 Å². The Balaban J connectivity index is 0.000000135. The molecule has 32 heavy (non-hydrogen) atoms. The van der Waals surface area contributed by atoms with E-state index >= 15 is 0 Å². The van der Waals surface area contributed by atoms with E-state index in [0.717, 1.165) is 71.2 Å². The lowest BCUT2D eigenvalue weighted by Gasteiger charge is -2.33. The van der Waals surface area contributed by atoms with Gasteiger partial charge in [0.25, 0.3) is 0 Å². The number of nitrogens with zero attached hydrogens (tertiary/aromatic N) is 4. The van der Waals surface area contributed by atoms with Gasteiger partial charge >= 0.3 is 0 Å². The second-order valence-electron chi connectivity index (χ2n) is 7.49. The predicted molar refractivity (Wildman–Crippen MR) is 133 cm³/mol. The summed E-state index contributed by atoms with van der Waals surface area (Å²) in [6, 6.07) is 11.2. The largest absolute Gasteiger partial charge is 0.305 e. The smallest absolute Gasteiger partial charge is 0.167 e. The van der Waals surface area contributed by atoms with E-state index in [1.807, 2.05) is 21.9 Å². The molecule has 4 aliphatic rings. The quantitative estimate of drug-likeness (QED) is 0.486. The van der Waals surface area contributed by atoms with Crippen LogP contribution in [0, 0.1) is 16.6 Å². The standard InChI is InChI=1S/C11H10BrN3S.C11H10FN3S/c12-7-2-3-8-9(6-7)16-11(13)15-5-1-4-14-10(8)15;12-8-4-1-3-7-9(8)16-11(13)15-6-2-5-14-10(7)15/h2-3,6,13H,1,4-5H2;1,3-4,13H,2,5-6H2. The fourth-order valence-electron chi connectivity index (χ4n) is 3.93. The number of hydrogen-bond donors (Lipinski definition) is 2. The van der Waals surface area contributed by atoms with Crippen LogP contribution in [0.1, 0.15) is 24.0 Å². The van der Waals surface area contributed by atoms with E-state index in [-0.39, 0.29) is 5.82 Å². The first-order valence-corrected chi connectivity index (χ1v) is 12.7. The van der Waals surface area contributed by atoms with Gasteiger partial charge in [0.2, 0.25) is 0 Å². The number of fused-ring (bicyclic) bond motifs is 6. The van der Waals surface area contributed by atoms with Gasteiger partial charge in [-0.1, -0.05) is 33.8 Å². The molecule has 0 saturated heterocycles. The molecule has 0 spiro atoms. The van der Waals surface area contributed by atoms with Gasteiger partial charge in [-0.05, 0) is 54.9 Å². The third-order valence-corrected chi connectivity index (χ3v) is 7.90. The van der Waals surface area contributed by atoms with Crippen LogP contribution in [0.2, 0.25) is 0 Å². The third kappa shape index (κ3) is 3.99. The maximum Gasteiger partial charge on any atom is 0.167 e. The van der Waals surface area contributed by atoms with Gasteiger partial charge in [-0.15, -0.1) is 0 Å². The lowest BCUT2D eigenvalue weighted by molar-refractivity contribution is 0.546. The van der Waals surface area contributed by atoms with Gasteiger partial charge in [0.05, 0.1) is 4.90 Å². The molecule has 2 N–H and O–H groups in total. The Morgan fingerprint density at radius 1 is 0.875 bits per heavy atom. The minimum Gasteiger partial charge on any atom is -0.305 e. The molecule has 0 aromatic heterocycles. The van der Waals surface area contributed by atoms with Gasteiger partial charge < -0.3 is 9.80 Å². The first-order chi connectivity index (χ1) is 15.5. The molecule has 0 amide bonds. The van der Waals surface area contributed by atoms with Crippen molar-refractivity contribution < 1.29 is 4.39 Å². The second kappa shape index (κ2) is 8.99. The van der Waals surface area contributed by atoms with Crippen LogP contribution < -0.4 is 0 Å². The Labute approximate surface area is 202 Å². The molecule has 0 radical (unpaired) electrons. The molecule has 6 rings (SSSR count). The Hall–Kier alpha value is -2.17. The van der Waals surface area contributed by atoms with Crippen molar-refractivity contribution in [3.63, 3.8) is 0 Å². The van der Waals surface area contributed by atoms with E-state index < -0.39 is 0 Å². The number of rotatable bonds is 0. The minimum absolute atomic E-state index is 0.264. The molecule has 2 aromatic rings. The molecule has 0 unspecified atom stereocenters. The van der Waals surface area contributed by atoms with Gasteiger partial charge in [-0.3, -0.25) is 20.8 Å². The summed E-state index contributed by atoms with van der Waals surface area (Å²) < 4.78 is 14.7. The van der Waals surface area contributed by atoms with Crippen molar-refractivity contribution in [1.82, 2.24) is 9.80 Å². The molecule has 164 valence electrons. The Morgan fingerprint density at radius 3 is 2.25 bits per heavy atom. The van der Waals surface area contributed by atoms with Crippen molar-refractivity contribution in [3.05, 3.63) is 57.8 Å². The molecule has 4 heterocycles. The molecule has 10 heteroatoms. The molecule has 0 saturated carbocycles. The summed E-state index contributed by atoms with van der Waals surface area (Å²) in [7, 11) is 0. The van der Waals surface area contributed by atoms with E-state index in [9.17, 15) is 4.39 Å². The van der Waals surface area contributed by atoms with Crippen molar-refractivity contribution in [3.8, 4) is 0 Å². The summed E-state index contributed by atoms with van der Waals surface area (Å²) >= 11 is 6.15. The topological polar surface area (TPSA) is 78.9 Å². The zero-order valence-corrected chi connectivity index (χ0v) is 20.3. The number of thioether (sulfide) groups is 2. The van der Waals surface area contributed by atoms with Crippen LogP contribution in [0.5, 0.6) is 0 Å². The van der Waals surface area contributed by atoms with Crippen LogP contribution in [0.3, 0.4) is 0 Å². The fraction of sp³-hybridized carbons (Fsp3) is 0.273. The average molecular weight is 531 g/mol.